The summed E-state index contributed by atoms with van der Waals surface area (Å²) in [6.07, 6.45) is 0. The molecule has 10 atom stereocenters. The number of nitrogens with zero attached hydrogens (tertiary/aromatic N) is 4. The summed E-state index contributed by atoms with van der Waals surface area (Å²) in [5.74, 6) is -0.00298. The van der Waals surface area contributed by atoms with Crippen LogP contribution < -0.4 is 5.32 Å². The molecule has 0 saturated heterocycles. The highest BCUT2D eigenvalue weighted by Gasteiger charge is 3.33. The van der Waals surface area contributed by atoms with Crippen LogP contribution in [-0.2, 0) is 16.1 Å². The number of aliphatic imine (C=N–C) groups is 1. The smallest absolute Gasteiger partial charge is 0.310 e. The first-order valence-corrected chi connectivity index (χ1v) is 14.0. The molecule has 10 unspecified atom stereocenters. The van der Waals surface area contributed by atoms with Crippen LogP contribution in [0.3, 0.4) is 0 Å². The van der Waals surface area contributed by atoms with Crippen molar-refractivity contribution in [1.29, 1.82) is 10.5 Å². The maximum Gasteiger partial charge on any atom is 0.310 e. The largest absolute Gasteiger partial charge is 0.481 e. The van der Waals surface area contributed by atoms with Crippen LogP contribution in [0.25, 0.3) is 0 Å². The predicted molar refractivity (Wildman–Crippen MR) is 135 cm³/mol. The summed E-state index contributed by atoms with van der Waals surface area (Å²) in [4.78, 5) is 32.6. The third-order valence-corrected chi connectivity index (χ3v) is 14.0. The molecule has 198 valence electrons. The average Bonchev–Trinajstić information content (AvgIpc) is 3.69. The van der Waals surface area contributed by atoms with Crippen molar-refractivity contribution in [3.8, 4) is 12.1 Å². The van der Waals surface area contributed by atoms with Gasteiger partial charge in [-0.2, -0.15) is 10.5 Å². The first kappa shape index (κ1) is 21.8. The number of carboxylic acid groups (broad SMARTS) is 1. The van der Waals surface area contributed by atoms with Gasteiger partial charge in [0.15, 0.2) is 0 Å². The van der Waals surface area contributed by atoms with Crippen LogP contribution in [0.4, 0.5) is 4.39 Å². The third kappa shape index (κ3) is 1.40. The van der Waals surface area contributed by atoms with E-state index in [-0.39, 0.29) is 52.5 Å². The number of amidine groups is 1. The van der Waals surface area contributed by atoms with Crippen LogP contribution in [0.2, 0.25) is 0 Å². The molecular weight excluding hydrogens is 509 g/mol. The molecule has 0 aromatic heterocycles. The molecule has 0 radical (unpaired) electrons. The van der Waals surface area contributed by atoms with Crippen molar-refractivity contribution in [3.05, 3.63) is 56.7 Å². The van der Waals surface area contributed by atoms with Gasteiger partial charge in [0, 0.05) is 29.6 Å². The molecule has 2 spiro atoms. The molecule has 0 bridgehead atoms. The van der Waals surface area contributed by atoms with Gasteiger partial charge in [-0.3, -0.25) is 14.6 Å². The maximum absolute atomic E-state index is 16.0. The number of rotatable bonds is 3. The van der Waals surface area contributed by atoms with Crippen LogP contribution in [-0.4, -0.2) is 34.8 Å². The number of aliphatic carboxylic acids is 1. The molecule has 7 fully saturated rings. The monoisotopic (exact) mass is 533 g/mol. The zero-order valence-electron chi connectivity index (χ0n) is 22.3. The Bertz CT molecular complexity index is 1820. The highest BCUT2D eigenvalue weighted by molar-refractivity contribution is 6.15. The van der Waals surface area contributed by atoms with Crippen molar-refractivity contribution >= 4 is 17.7 Å². The molecule has 8 nitrogen and oxygen atoms in total. The zero-order chi connectivity index (χ0) is 27.8. The normalized spacial score (nSPS) is 47.5. The van der Waals surface area contributed by atoms with E-state index in [0.29, 0.717) is 56.9 Å². The maximum atomic E-state index is 16.0. The molecule has 1 aromatic carbocycles. The van der Waals surface area contributed by atoms with Gasteiger partial charge >= 0.3 is 5.97 Å². The fourth-order valence-electron chi connectivity index (χ4n) is 13.2. The summed E-state index contributed by atoms with van der Waals surface area (Å²) in [7, 11) is 1.79. The van der Waals surface area contributed by atoms with Crippen LogP contribution >= 0.6 is 0 Å². The molecule has 2 heterocycles. The summed E-state index contributed by atoms with van der Waals surface area (Å²) >= 11 is 0. The molecule has 9 aliphatic rings. The van der Waals surface area contributed by atoms with Crippen molar-refractivity contribution in [2.75, 3.05) is 7.05 Å². The number of nitriles is 2. The lowest BCUT2D eigenvalue weighted by Gasteiger charge is -2.82. The molecule has 7 saturated carbocycles. The third-order valence-electron chi connectivity index (χ3n) is 14.0. The van der Waals surface area contributed by atoms with E-state index in [1.807, 2.05) is 0 Å². The number of hydrogen-bond acceptors (Lipinski definition) is 6. The second-order valence-electron chi connectivity index (χ2n) is 13.6. The van der Waals surface area contributed by atoms with Gasteiger partial charge in [-0.1, -0.05) is 0 Å². The Hall–Kier alpha value is -3.98. The summed E-state index contributed by atoms with van der Waals surface area (Å²) in [5, 5.41) is 33.3. The molecule has 2 N–H and O–H groups in total. The van der Waals surface area contributed by atoms with Crippen LogP contribution in [0.15, 0.2) is 33.6 Å². The summed E-state index contributed by atoms with van der Waals surface area (Å²) in [6, 6.07) is 6.10. The van der Waals surface area contributed by atoms with Crippen molar-refractivity contribution in [2.45, 2.75) is 33.2 Å². The van der Waals surface area contributed by atoms with Gasteiger partial charge in [0.1, 0.15) is 11.7 Å². The topological polar surface area (TPSA) is 130 Å². The van der Waals surface area contributed by atoms with Gasteiger partial charge in [-0.05, 0) is 84.3 Å². The van der Waals surface area contributed by atoms with Gasteiger partial charge in [-0.25, -0.2) is 4.39 Å². The minimum atomic E-state index is -0.846. The quantitative estimate of drug-likeness (QED) is 0.615. The number of carbonyl (C=O) groups is 2. The van der Waals surface area contributed by atoms with Gasteiger partial charge in [0.2, 0.25) is 5.91 Å². The standard InChI is InChI=1S/C31H24FN5O3/c1-9-16-8-35-25(12(16)5-13(20(9)32)17-14(6-33)10(2)37(4)11(3)15(17)7-34)36-26(38)28-18-22-29(27(39)40)19-21(28)30(28)23(18)31(22,29)24(19)30/h5,17-19,21-24H,8H2,1-4H3,(H,39,40)(H,35,36,38). The number of amides is 1. The number of nitrogens with one attached hydrogen (secondary N) is 1. The van der Waals surface area contributed by atoms with Gasteiger partial charge in [0.05, 0.1) is 46.6 Å². The SMILES string of the molecule is CC1=C(C#N)C(c2cc3c(c(C)c2F)CN=C3NC(=O)C23C4C5C6(C(=O)O)C7C2C32C7C56C42)C(C#N)=C(C)N1C. The number of carbonyl (C=O) groups excluding carboxylic acids is 1. The Morgan fingerprint density at radius 2 is 1.62 bits per heavy atom. The molecule has 1 amide bonds. The highest BCUT2D eigenvalue weighted by Crippen LogP contribution is 3.31. The second-order valence-corrected chi connectivity index (χ2v) is 13.6. The number of fused-ring (bicyclic) bond motifs is 7. The number of allylic oxidation sites excluding steroid dienone is 4. The Morgan fingerprint density at radius 1 is 1.05 bits per heavy atom. The number of hydrogen-bond donors (Lipinski definition) is 2. The van der Waals surface area contributed by atoms with E-state index in [9.17, 15) is 25.2 Å². The van der Waals surface area contributed by atoms with Gasteiger partial charge in [0.25, 0.3) is 0 Å². The fraction of sp³-hybridized carbons (Fsp3) is 0.516. The summed E-state index contributed by atoms with van der Waals surface area (Å²) in [5.41, 5.74) is 3.07. The molecule has 40 heavy (non-hydrogen) atoms. The Labute approximate surface area is 228 Å². The van der Waals surface area contributed by atoms with Crippen molar-refractivity contribution in [3.63, 3.8) is 0 Å². The molecule has 7 aliphatic carbocycles. The van der Waals surface area contributed by atoms with Crippen LogP contribution in [0.1, 0.15) is 42.0 Å². The first-order valence-electron chi connectivity index (χ1n) is 14.0. The average molecular weight is 534 g/mol. The lowest BCUT2D eigenvalue weighted by Crippen LogP contribution is -2.83. The van der Waals surface area contributed by atoms with Gasteiger partial charge < -0.3 is 15.3 Å². The second kappa shape index (κ2) is 5.48. The van der Waals surface area contributed by atoms with Crippen molar-refractivity contribution < 1.29 is 19.1 Å². The lowest BCUT2D eigenvalue weighted by atomic mass is 9.20. The number of halogens is 1. The van der Waals surface area contributed by atoms with E-state index in [4.69, 9.17) is 0 Å². The van der Waals surface area contributed by atoms with Crippen molar-refractivity contribution in [1.82, 2.24) is 10.2 Å². The zero-order valence-corrected chi connectivity index (χ0v) is 22.3. The van der Waals surface area contributed by atoms with E-state index < -0.39 is 28.5 Å². The molecular formula is C31H24FN5O3. The first-order chi connectivity index (χ1) is 19.1. The molecule has 2 aliphatic heterocycles. The minimum absolute atomic E-state index is 0.0359. The van der Waals surface area contributed by atoms with Crippen LogP contribution in [0.5, 0.6) is 0 Å². The van der Waals surface area contributed by atoms with Crippen molar-refractivity contribution in [2.24, 2.45) is 62.2 Å². The van der Waals surface area contributed by atoms with E-state index in [1.165, 1.54) is 0 Å². The molecule has 9 heteroatoms. The van der Waals surface area contributed by atoms with E-state index in [0.717, 1.165) is 0 Å². The minimum Gasteiger partial charge on any atom is -0.481 e. The Kier molecular flexibility index (Phi) is 2.98. The Morgan fingerprint density at radius 3 is 2.23 bits per heavy atom. The number of carboxylic acids is 1. The van der Waals surface area contributed by atoms with Gasteiger partial charge in [-0.15, -0.1) is 0 Å². The predicted octanol–water partition coefficient (Wildman–Crippen LogP) is 2.96. The highest BCUT2D eigenvalue weighted by atomic mass is 19.1. The lowest BCUT2D eigenvalue weighted by molar-refractivity contribution is -0.373. The summed E-state index contributed by atoms with van der Waals surface area (Å²) in [6.45, 7) is 5.51. The van der Waals surface area contributed by atoms with E-state index in [2.05, 4.69) is 22.4 Å². The molecule has 10 rings (SSSR count). The van der Waals surface area contributed by atoms with E-state index >= 15 is 4.39 Å². The Balaban J connectivity index is 1.02. The summed E-state index contributed by atoms with van der Waals surface area (Å²) < 4.78 is 16.0. The van der Waals surface area contributed by atoms with E-state index in [1.54, 1.807) is 38.8 Å². The van der Waals surface area contributed by atoms with Crippen LogP contribution in [0, 0.1) is 92.6 Å². The fourth-order valence-corrected chi connectivity index (χ4v) is 13.2. The molecule has 1 aromatic rings. The number of benzene rings is 1.